The number of likely N-dealkylation sites (N-methyl/N-ethyl adjacent to an activating group) is 1. The van der Waals surface area contributed by atoms with E-state index in [1.165, 1.54) is 16.5 Å². The highest BCUT2D eigenvalue weighted by molar-refractivity contribution is 7.13. The van der Waals surface area contributed by atoms with E-state index in [2.05, 4.69) is 36.0 Å². The van der Waals surface area contributed by atoms with E-state index in [9.17, 15) is 24.3 Å². The molecule has 382 valence electrons. The van der Waals surface area contributed by atoms with E-state index >= 15 is 0 Å². The minimum Gasteiger partial charge on any atom is -0.493 e. The number of anilines is 3. The summed E-state index contributed by atoms with van der Waals surface area (Å²) in [6.07, 6.45) is 4.06. The second-order valence-corrected chi connectivity index (χ2v) is 19.8. The van der Waals surface area contributed by atoms with Gasteiger partial charge in [0, 0.05) is 76.0 Å². The molecule has 3 amide bonds. The Morgan fingerprint density at radius 2 is 1.79 bits per heavy atom. The number of carbonyl (C=O) groups excluding carboxylic acids is 3. The SMILES string of the molecule is CNC(=O)COc1cc2cc(Nc3nc(N4CCC(OCCCCOc5cc(-c6scnc6C)ccc5CNC(=O)[C@@H]5C[C@@H](O)CN5C(=O)C(c5cc(C)no5)C(C)C)CC4)ncc3Cl)ccc2n(C)c1=O. The molecule has 19 nitrogen and oxygen atoms in total. The number of aliphatic hydroxyl groups is 1. The molecule has 0 aliphatic carbocycles. The van der Waals surface area contributed by atoms with Crippen molar-refractivity contribution in [2.75, 3.05) is 56.7 Å². The van der Waals surface area contributed by atoms with Crippen LogP contribution in [0.5, 0.6) is 11.5 Å². The van der Waals surface area contributed by atoms with Gasteiger partial charge in [-0.1, -0.05) is 42.7 Å². The van der Waals surface area contributed by atoms with Crippen molar-refractivity contribution in [2.45, 2.75) is 90.5 Å². The minimum atomic E-state index is -0.848. The Balaban J connectivity index is 0.822. The number of aliphatic hydroxyl groups excluding tert-OH is 1. The van der Waals surface area contributed by atoms with E-state index < -0.39 is 18.1 Å². The Kier molecular flexibility index (Phi) is 16.7. The Morgan fingerprint density at radius 1 is 1.00 bits per heavy atom. The largest absolute Gasteiger partial charge is 0.493 e. The van der Waals surface area contributed by atoms with Gasteiger partial charge in [0.1, 0.15) is 28.5 Å². The first-order valence-electron chi connectivity index (χ1n) is 24.2. The second-order valence-electron chi connectivity index (χ2n) is 18.5. The number of benzene rings is 2. The molecule has 3 atom stereocenters. The molecule has 4 aromatic heterocycles. The zero-order valence-electron chi connectivity index (χ0n) is 41.3. The maximum absolute atomic E-state index is 13.9. The third-order valence-corrected chi connectivity index (χ3v) is 14.2. The highest BCUT2D eigenvalue weighted by Gasteiger charge is 2.43. The number of β-amino-alcohol motifs (C(OH)–C–C–N with tert-alkyl or cyclic N) is 1. The van der Waals surface area contributed by atoms with Gasteiger partial charge in [0.05, 0.1) is 52.3 Å². The quantitative estimate of drug-likeness (QED) is 0.0604. The third-order valence-electron chi connectivity index (χ3n) is 13.0. The predicted molar refractivity (Wildman–Crippen MR) is 274 cm³/mol. The van der Waals surface area contributed by atoms with Gasteiger partial charge in [0.15, 0.2) is 18.2 Å². The molecule has 21 heteroatoms. The number of aromatic nitrogens is 5. The first kappa shape index (κ1) is 51.7. The van der Waals surface area contributed by atoms with Gasteiger partial charge in [-0.2, -0.15) is 4.98 Å². The third kappa shape index (κ3) is 12.2. The van der Waals surface area contributed by atoms with Crippen molar-refractivity contribution < 1.29 is 38.2 Å². The van der Waals surface area contributed by atoms with Gasteiger partial charge in [0.2, 0.25) is 17.8 Å². The van der Waals surface area contributed by atoms with Crippen LogP contribution in [-0.4, -0.2) is 117 Å². The number of unbranched alkanes of at least 4 members (excludes halogenated alkanes) is 1. The van der Waals surface area contributed by atoms with Crippen LogP contribution in [0.3, 0.4) is 0 Å². The average Bonchev–Trinajstić information content (AvgIpc) is 4.12. The monoisotopic (exact) mass is 1020 g/mol. The zero-order valence-corrected chi connectivity index (χ0v) is 42.8. The lowest BCUT2D eigenvalue weighted by Crippen LogP contribution is -2.48. The van der Waals surface area contributed by atoms with Crippen molar-refractivity contribution in [2.24, 2.45) is 13.0 Å². The summed E-state index contributed by atoms with van der Waals surface area (Å²) in [7, 11) is 3.15. The second kappa shape index (κ2) is 23.3. The molecule has 2 aliphatic rings. The van der Waals surface area contributed by atoms with Crippen LogP contribution >= 0.6 is 22.9 Å². The lowest BCUT2D eigenvalue weighted by atomic mass is 9.91. The van der Waals surface area contributed by atoms with Crippen LogP contribution in [0, 0.1) is 19.8 Å². The van der Waals surface area contributed by atoms with Crippen molar-refractivity contribution in [3.63, 3.8) is 0 Å². The van der Waals surface area contributed by atoms with Gasteiger partial charge in [-0.25, -0.2) is 9.97 Å². The van der Waals surface area contributed by atoms with Crippen molar-refractivity contribution >= 4 is 69.0 Å². The summed E-state index contributed by atoms with van der Waals surface area (Å²) in [5.74, 6) is 0.374. The number of carbonyl (C=O) groups is 3. The maximum Gasteiger partial charge on any atom is 0.293 e. The number of likely N-dealkylation sites (tertiary alicyclic amines) is 1. The number of hydrogen-bond donors (Lipinski definition) is 4. The summed E-state index contributed by atoms with van der Waals surface area (Å²) in [5, 5.41) is 24.5. The molecule has 2 aromatic carbocycles. The van der Waals surface area contributed by atoms with Crippen LogP contribution in [0.15, 0.2) is 69.6 Å². The minimum absolute atomic E-state index is 0.0515. The molecule has 1 unspecified atom stereocenters. The fraction of sp³-hybridized carbons (Fsp3) is 0.451. The molecule has 0 bridgehead atoms. The molecule has 8 rings (SSSR count). The molecule has 4 N–H and O–H groups in total. The lowest BCUT2D eigenvalue weighted by molar-refractivity contribution is -0.141. The van der Waals surface area contributed by atoms with Gasteiger partial charge >= 0.3 is 0 Å². The molecule has 6 heterocycles. The highest BCUT2D eigenvalue weighted by Crippen LogP contribution is 2.34. The first-order chi connectivity index (χ1) is 34.7. The van der Waals surface area contributed by atoms with Gasteiger partial charge in [-0.05, 0) is 81.3 Å². The van der Waals surface area contributed by atoms with Gasteiger partial charge in [-0.3, -0.25) is 19.2 Å². The maximum atomic E-state index is 13.9. The van der Waals surface area contributed by atoms with Crippen LogP contribution in [0.1, 0.15) is 74.6 Å². The zero-order chi connectivity index (χ0) is 51.1. The highest BCUT2D eigenvalue weighted by atomic mass is 35.5. The predicted octanol–water partition coefficient (Wildman–Crippen LogP) is 6.44. The topological polar surface area (TPSA) is 228 Å². The number of ether oxygens (including phenoxy) is 3. The van der Waals surface area contributed by atoms with Crippen LogP contribution < -0.4 is 35.9 Å². The van der Waals surface area contributed by atoms with Crippen molar-refractivity contribution in [3.8, 4) is 21.9 Å². The van der Waals surface area contributed by atoms with Gasteiger partial charge in [-0.15, -0.1) is 11.3 Å². The smallest absolute Gasteiger partial charge is 0.293 e. The summed E-state index contributed by atoms with van der Waals surface area (Å²) < 4.78 is 25.2. The number of rotatable bonds is 20. The van der Waals surface area contributed by atoms with E-state index in [0.29, 0.717) is 71.5 Å². The summed E-state index contributed by atoms with van der Waals surface area (Å²) in [6, 6.07) is 13.9. The fourth-order valence-corrected chi connectivity index (χ4v) is 9.99. The fourth-order valence-electron chi connectivity index (χ4n) is 9.05. The molecule has 72 heavy (non-hydrogen) atoms. The number of aryl methyl sites for hydroxylation is 3. The number of thiazole rings is 1. The molecule has 2 fully saturated rings. The molecular weight excluding hydrogens is 964 g/mol. The number of nitrogens with zero attached hydrogens (tertiary/aromatic N) is 7. The normalized spacial score (nSPS) is 16.6. The average molecular weight is 1030 g/mol. The summed E-state index contributed by atoms with van der Waals surface area (Å²) in [6.45, 7) is 9.93. The number of piperidine rings is 1. The number of pyridine rings is 1. The summed E-state index contributed by atoms with van der Waals surface area (Å²) in [4.78, 5) is 70.7. The molecular formula is C51H61ClN10O9S. The number of fused-ring (bicyclic) bond motifs is 1. The number of amides is 3. The van der Waals surface area contributed by atoms with Crippen LogP contribution in [0.2, 0.25) is 5.02 Å². The molecule has 0 saturated carbocycles. The standard InChI is InChI=1S/C51H61ClN10O9S/c1-29(2)45(42-19-30(3)59-71-42)50(67)62-26-36(63)23-40(62)48(65)54-24-33-10-9-32(46-31(4)56-28-72-46)21-41(33)69-18-8-7-17-68-37-13-15-61(16-14-37)51-55-25-38(52)47(58-51)57-35-11-12-39-34(20-35)22-43(49(66)60(39)6)70-27-44(64)53-5/h9-12,19-22,25,28-29,36-37,40,45,63H,7-8,13-18,23-24,26-27H2,1-6H3,(H,53,64)(H,54,65)(H,55,57,58)/t36-,40+,45?/m1/s1. The molecule has 6 aromatic rings. The van der Waals surface area contributed by atoms with E-state index in [4.69, 9.17) is 35.3 Å². The summed E-state index contributed by atoms with van der Waals surface area (Å²) in [5.41, 5.74) is 6.16. The summed E-state index contributed by atoms with van der Waals surface area (Å²) >= 11 is 8.12. The number of hydrogen-bond acceptors (Lipinski definition) is 16. The Bertz CT molecular complexity index is 2950. The van der Waals surface area contributed by atoms with Crippen LogP contribution in [0.4, 0.5) is 17.5 Å². The molecule has 2 aliphatic heterocycles. The van der Waals surface area contributed by atoms with E-state index in [1.54, 1.807) is 43.6 Å². The Hall–Kier alpha value is -6.61. The van der Waals surface area contributed by atoms with Gasteiger partial charge in [0.25, 0.3) is 11.5 Å². The Morgan fingerprint density at radius 3 is 2.51 bits per heavy atom. The van der Waals surface area contributed by atoms with E-state index in [0.717, 1.165) is 52.8 Å². The van der Waals surface area contributed by atoms with Gasteiger partial charge < -0.3 is 54.2 Å². The lowest BCUT2D eigenvalue weighted by Gasteiger charge is -2.32. The van der Waals surface area contributed by atoms with Crippen molar-refractivity contribution in [1.29, 1.82) is 0 Å². The first-order valence-corrected chi connectivity index (χ1v) is 25.4. The Labute approximate surface area is 426 Å². The van der Waals surface area contributed by atoms with Crippen LogP contribution in [0.25, 0.3) is 21.3 Å². The molecule has 2 saturated heterocycles. The van der Waals surface area contributed by atoms with Crippen molar-refractivity contribution in [3.05, 3.63) is 98.3 Å². The van der Waals surface area contributed by atoms with E-state index in [1.807, 2.05) is 62.7 Å². The number of nitrogens with one attached hydrogen (secondary N) is 3. The van der Waals surface area contributed by atoms with Crippen LogP contribution in [-0.2, 0) is 32.7 Å². The molecule has 0 radical (unpaired) electrons. The van der Waals surface area contributed by atoms with Crippen molar-refractivity contribution in [1.82, 2.24) is 40.2 Å². The molecule has 0 spiro atoms. The van der Waals surface area contributed by atoms with E-state index in [-0.39, 0.29) is 67.2 Å². The number of halogens is 1.